The van der Waals surface area contributed by atoms with Crippen molar-refractivity contribution in [2.45, 2.75) is 49.8 Å². The summed E-state index contributed by atoms with van der Waals surface area (Å²) in [6.07, 6.45) is 5.13. The maximum Gasteiger partial charge on any atom is 0.0625 e. The third kappa shape index (κ3) is 4.58. The van der Waals surface area contributed by atoms with E-state index in [9.17, 15) is 0 Å². The average molecular weight is 241 g/mol. The van der Waals surface area contributed by atoms with E-state index in [2.05, 4.69) is 44.3 Å². The summed E-state index contributed by atoms with van der Waals surface area (Å²) in [5.41, 5.74) is 0.240. The van der Waals surface area contributed by atoms with Crippen LogP contribution in [-0.2, 0) is 7.05 Å². The van der Waals surface area contributed by atoms with E-state index < -0.39 is 0 Å². The monoisotopic (exact) mass is 241 g/mol. The van der Waals surface area contributed by atoms with Crippen molar-refractivity contribution >= 4 is 11.8 Å². The molecule has 3 nitrogen and oxygen atoms in total. The van der Waals surface area contributed by atoms with Gasteiger partial charge in [-0.2, -0.15) is 5.10 Å². The van der Waals surface area contributed by atoms with Crippen LogP contribution in [0.3, 0.4) is 0 Å². The number of nitrogens with zero attached hydrogens (tertiary/aromatic N) is 2. The van der Waals surface area contributed by atoms with E-state index >= 15 is 0 Å². The molecule has 1 aromatic heterocycles. The maximum absolute atomic E-state index is 4.17. The number of hydrogen-bond donors (Lipinski definition) is 1. The Morgan fingerprint density at radius 3 is 2.75 bits per heavy atom. The lowest BCUT2D eigenvalue weighted by Gasteiger charge is -2.26. The van der Waals surface area contributed by atoms with Crippen LogP contribution in [-0.4, -0.2) is 27.1 Å². The highest BCUT2D eigenvalue weighted by Crippen LogP contribution is 2.22. The molecule has 0 aliphatic rings. The Morgan fingerprint density at radius 1 is 1.56 bits per heavy atom. The molecule has 1 heterocycles. The summed E-state index contributed by atoms with van der Waals surface area (Å²) in [4.78, 5) is 1.24. The first-order valence-electron chi connectivity index (χ1n) is 5.83. The third-order valence-corrected chi connectivity index (χ3v) is 3.82. The molecule has 1 unspecified atom stereocenters. The number of nitrogens with one attached hydrogen (secondary N) is 1. The van der Waals surface area contributed by atoms with Gasteiger partial charge in [0.1, 0.15) is 0 Å². The van der Waals surface area contributed by atoms with Gasteiger partial charge in [-0.3, -0.25) is 4.68 Å². The van der Waals surface area contributed by atoms with E-state index in [1.807, 2.05) is 29.7 Å². The molecule has 0 fully saturated rings. The smallest absolute Gasteiger partial charge is 0.0625 e. The molecule has 1 aromatic rings. The fraction of sp³-hybridized carbons (Fsp3) is 0.750. The SMILES string of the molecule is CCC(C)(C)NCC(C)Sc1cnn(C)c1. The van der Waals surface area contributed by atoms with Gasteiger partial charge in [-0.05, 0) is 20.3 Å². The largest absolute Gasteiger partial charge is 0.311 e. The van der Waals surface area contributed by atoms with E-state index in [0.29, 0.717) is 5.25 Å². The quantitative estimate of drug-likeness (QED) is 0.777. The van der Waals surface area contributed by atoms with Crippen molar-refractivity contribution in [3.8, 4) is 0 Å². The molecule has 0 aromatic carbocycles. The molecule has 0 bridgehead atoms. The molecule has 0 spiro atoms. The summed E-state index contributed by atoms with van der Waals surface area (Å²) in [5.74, 6) is 0. The van der Waals surface area contributed by atoms with Gasteiger partial charge in [0.05, 0.1) is 6.20 Å². The second kappa shape index (κ2) is 5.73. The van der Waals surface area contributed by atoms with E-state index in [1.54, 1.807) is 0 Å². The fourth-order valence-electron chi connectivity index (χ4n) is 1.28. The van der Waals surface area contributed by atoms with Crippen LogP contribution in [0.4, 0.5) is 0 Å². The molecule has 1 N–H and O–H groups in total. The van der Waals surface area contributed by atoms with Gasteiger partial charge >= 0.3 is 0 Å². The van der Waals surface area contributed by atoms with Crippen molar-refractivity contribution in [1.82, 2.24) is 15.1 Å². The minimum absolute atomic E-state index is 0.240. The zero-order valence-electron chi connectivity index (χ0n) is 10.9. The second-order valence-corrected chi connectivity index (χ2v) is 6.41. The predicted molar refractivity (Wildman–Crippen MR) is 70.9 cm³/mol. The van der Waals surface area contributed by atoms with Crippen molar-refractivity contribution in [2.24, 2.45) is 7.05 Å². The Bertz CT molecular complexity index is 320. The highest BCUT2D eigenvalue weighted by molar-refractivity contribution is 8.00. The molecule has 0 amide bonds. The molecule has 0 radical (unpaired) electrons. The molecule has 4 heteroatoms. The van der Waals surface area contributed by atoms with Gasteiger partial charge in [0.25, 0.3) is 0 Å². The van der Waals surface area contributed by atoms with Crippen molar-refractivity contribution in [3.05, 3.63) is 12.4 Å². The molecule has 92 valence electrons. The zero-order valence-corrected chi connectivity index (χ0v) is 11.8. The maximum atomic E-state index is 4.17. The lowest BCUT2D eigenvalue weighted by molar-refractivity contribution is 0.379. The zero-order chi connectivity index (χ0) is 12.2. The molecular weight excluding hydrogens is 218 g/mol. The molecule has 1 rings (SSSR count). The Balaban J connectivity index is 2.34. The van der Waals surface area contributed by atoms with Crippen molar-refractivity contribution in [3.63, 3.8) is 0 Å². The Labute approximate surface area is 103 Å². The summed E-state index contributed by atoms with van der Waals surface area (Å²) in [5, 5.41) is 8.32. The van der Waals surface area contributed by atoms with Crippen LogP contribution in [0.5, 0.6) is 0 Å². The Morgan fingerprint density at radius 2 is 2.25 bits per heavy atom. The van der Waals surface area contributed by atoms with E-state index in [0.717, 1.165) is 13.0 Å². The molecule has 0 aliphatic carbocycles. The third-order valence-electron chi connectivity index (χ3n) is 2.77. The average Bonchev–Trinajstić information content (AvgIpc) is 2.61. The van der Waals surface area contributed by atoms with Gasteiger partial charge < -0.3 is 5.32 Å². The van der Waals surface area contributed by atoms with Gasteiger partial charge in [-0.15, -0.1) is 11.8 Å². The van der Waals surface area contributed by atoms with Crippen LogP contribution in [0.15, 0.2) is 17.3 Å². The van der Waals surface area contributed by atoms with Gasteiger partial charge in [0.15, 0.2) is 0 Å². The summed E-state index contributed by atoms with van der Waals surface area (Å²) in [7, 11) is 1.95. The van der Waals surface area contributed by atoms with Crippen LogP contribution in [0.2, 0.25) is 0 Å². The minimum atomic E-state index is 0.240. The summed E-state index contributed by atoms with van der Waals surface area (Å²) < 4.78 is 1.85. The molecule has 1 atom stereocenters. The van der Waals surface area contributed by atoms with Gasteiger partial charge in [-0.25, -0.2) is 0 Å². The van der Waals surface area contributed by atoms with Crippen LogP contribution >= 0.6 is 11.8 Å². The van der Waals surface area contributed by atoms with E-state index in [1.165, 1.54) is 4.90 Å². The number of thioether (sulfide) groups is 1. The molecule has 0 saturated carbocycles. The molecule has 0 aliphatic heterocycles. The summed E-state index contributed by atoms with van der Waals surface area (Å²) >= 11 is 1.87. The Kier molecular flexibility index (Phi) is 4.87. The summed E-state index contributed by atoms with van der Waals surface area (Å²) in [6, 6.07) is 0. The lowest BCUT2D eigenvalue weighted by atomic mass is 10.0. The van der Waals surface area contributed by atoms with Crippen LogP contribution in [0, 0.1) is 0 Å². The number of aromatic nitrogens is 2. The number of hydrogen-bond acceptors (Lipinski definition) is 3. The second-order valence-electron chi connectivity index (χ2n) is 4.90. The first-order valence-corrected chi connectivity index (χ1v) is 6.71. The van der Waals surface area contributed by atoms with E-state index in [4.69, 9.17) is 0 Å². The minimum Gasteiger partial charge on any atom is -0.311 e. The van der Waals surface area contributed by atoms with Crippen molar-refractivity contribution in [2.75, 3.05) is 6.54 Å². The molecular formula is C12H23N3S. The first-order chi connectivity index (χ1) is 7.43. The standard InChI is InChI=1S/C12H23N3S/c1-6-12(3,4)13-7-10(2)16-11-8-14-15(5)9-11/h8-10,13H,6-7H2,1-5H3. The fourth-order valence-corrected chi connectivity index (χ4v) is 2.23. The number of aryl methyl sites for hydroxylation is 1. The predicted octanol–water partition coefficient (Wildman–Crippen LogP) is 2.68. The Hall–Kier alpha value is -0.480. The first kappa shape index (κ1) is 13.6. The number of rotatable bonds is 6. The van der Waals surface area contributed by atoms with Gasteiger partial charge in [-0.1, -0.05) is 13.8 Å². The highest BCUT2D eigenvalue weighted by Gasteiger charge is 2.15. The van der Waals surface area contributed by atoms with Crippen LogP contribution in [0.25, 0.3) is 0 Å². The topological polar surface area (TPSA) is 29.9 Å². The van der Waals surface area contributed by atoms with Gasteiger partial charge in [0, 0.05) is 35.5 Å². The van der Waals surface area contributed by atoms with Crippen molar-refractivity contribution in [1.29, 1.82) is 0 Å². The lowest BCUT2D eigenvalue weighted by Crippen LogP contribution is -2.41. The van der Waals surface area contributed by atoms with E-state index in [-0.39, 0.29) is 5.54 Å². The van der Waals surface area contributed by atoms with Crippen LogP contribution in [0.1, 0.15) is 34.1 Å². The van der Waals surface area contributed by atoms with Crippen molar-refractivity contribution < 1.29 is 0 Å². The molecule has 0 saturated heterocycles. The van der Waals surface area contributed by atoms with Crippen LogP contribution < -0.4 is 5.32 Å². The summed E-state index contributed by atoms with van der Waals surface area (Å²) in [6.45, 7) is 9.98. The molecule has 16 heavy (non-hydrogen) atoms. The normalized spacial score (nSPS) is 14.1. The van der Waals surface area contributed by atoms with Gasteiger partial charge in [0.2, 0.25) is 0 Å². The highest BCUT2D eigenvalue weighted by atomic mass is 32.2.